The maximum absolute atomic E-state index is 13.9. The van der Waals surface area contributed by atoms with Crippen LogP contribution in [-0.2, 0) is 42.1 Å². The summed E-state index contributed by atoms with van der Waals surface area (Å²) in [5.41, 5.74) is 5.31. The smallest absolute Gasteiger partial charge is 0.242 e. The number of thioether (sulfide) groups is 1. The van der Waals surface area contributed by atoms with E-state index in [9.17, 15) is 23.1 Å². The number of benzene rings is 5. The van der Waals surface area contributed by atoms with Gasteiger partial charge in [-0.1, -0.05) is 91.3 Å². The van der Waals surface area contributed by atoms with Crippen molar-refractivity contribution >= 4 is 45.0 Å². The minimum absolute atomic E-state index is 0.0504. The Morgan fingerprint density at radius 1 is 0.782 bits per heavy atom. The molecule has 1 aliphatic rings. The number of rotatable bonds is 14. The monoisotopic (exact) mass is 779 g/mol. The van der Waals surface area contributed by atoms with Crippen LogP contribution in [0, 0.1) is 12.8 Å². The maximum atomic E-state index is 13.9. The molecular formula is C43H45N3O7S2. The van der Waals surface area contributed by atoms with Gasteiger partial charge in [0.2, 0.25) is 21.8 Å². The Hall–Kier alpha value is -4.82. The SMILES string of the molecule is CC(=O)Nc1ccc(SC[C@@H]2O[C@H](c3cccc(NC(=O)[C@@H](Cc4ccccc4)NS(=O)(=O)c4ccc(C)cc4)c3)O[C@H](c3ccc(CO)cc3)[C@@H]2C)cc1. The highest BCUT2D eigenvalue weighted by atomic mass is 32.2. The third-order valence-corrected chi connectivity index (χ3v) is 12.0. The van der Waals surface area contributed by atoms with Crippen molar-refractivity contribution in [3.05, 3.63) is 155 Å². The Morgan fingerprint density at radius 3 is 2.16 bits per heavy atom. The summed E-state index contributed by atoms with van der Waals surface area (Å²) in [7, 11) is -4.02. The molecule has 286 valence electrons. The van der Waals surface area contributed by atoms with Crippen LogP contribution in [0.2, 0.25) is 0 Å². The summed E-state index contributed by atoms with van der Waals surface area (Å²) >= 11 is 1.64. The summed E-state index contributed by atoms with van der Waals surface area (Å²) in [6.07, 6.45) is -1.24. The zero-order valence-corrected chi connectivity index (χ0v) is 32.5. The second-order valence-electron chi connectivity index (χ2n) is 13.6. The Bertz CT molecular complexity index is 2170. The summed E-state index contributed by atoms with van der Waals surface area (Å²) in [6, 6.07) is 37.1. The van der Waals surface area contributed by atoms with Gasteiger partial charge in [0, 0.05) is 40.4 Å². The van der Waals surface area contributed by atoms with Gasteiger partial charge in [0.25, 0.3) is 0 Å². The van der Waals surface area contributed by atoms with Gasteiger partial charge >= 0.3 is 0 Å². The summed E-state index contributed by atoms with van der Waals surface area (Å²) in [5, 5.41) is 15.4. The van der Waals surface area contributed by atoms with Crippen molar-refractivity contribution in [3.63, 3.8) is 0 Å². The number of carbonyl (C=O) groups excluding carboxylic acids is 2. The molecule has 55 heavy (non-hydrogen) atoms. The standard InChI is InChI=1S/C43H45N3O7S2/c1-28-12-22-38(23-13-28)55(50,51)46-39(24-31-8-5-4-6-9-31)42(49)45-36-11-7-10-34(25-36)43-52-40(27-54-37-20-18-35(19-21-37)44-30(3)48)29(2)41(53-43)33-16-14-32(26-47)15-17-33/h4-23,25,29,39-41,43,46-47H,24,26-27H2,1-3H3,(H,44,48)(H,45,49)/t29-,39-,40+,41+,43+/m1/s1. The molecule has 0 aromatic heterocycles. The first kappa shape index (κ1) is 39.9. The summed E-state index contributed by atoms with van der Waals surface area (Å²) in [6.45, 7) is 5.37. The molecule has 4 N–H and O–H groups in total. The van der Waals surface area contributed by atoms with Crippen molar-refractivity contribution < 1.29 is 32.6 Å². The molecule has 1 heterocycles. The Balaban J connectivity index is 1.22. The van der Waals surface area contributed by atoms with E-state index in [4.69, 9.17) is 9.47 Å². The van der Waals surface area contributed by atoms with E-state index in [1.165, 1.54) is 19.1 Å². The van der Waals surface area contributed by atoms with E-state index in [2.05, 4.69) is 22.3 Å². The lowest BCUT2D eigenvalue weighted by Crippen LogP contribution is -2.45. The first-order chi connectivity index (χ1) is 26.5. The minimum Gasteiger partial charge on any atom is -0.392 e. The predicted molar refractivity (Wildman–Crippen MR) is 215 cm³/mol. The molecule has 0 radical (unpaired) electrons. The van der Waals surface area contributed by atoms with E-state index in [1.807, 2.05) is 91.9 Å². The molecule has 1 saturated heterocycles. The van der Waals surface area contributed by atoms with Gasteiger partial charge in [-0.15, -0.1) is 11.8 Å². The van der Waals surface area contributed by atoms with E-state index >= 15 is 0 Å². The molecule has 0 bridgehead atoms. The van der Waals surface area contributed by atoms with Crippen molar-refractivity contribution in [2.75, 3.05) is 16.4 Å². The molecule has 12 heteroatoms. The fourth-order valence-electron chi connectivity index (χ4n) is 6.33. The molecule has 0 spiro atoms. The van der Waals surface area contributed by atoms with Crippen LogP contribution in [0.15, 0.2) is 137 Å². The van der Waals surface area contributed by atoms with Crippen molar-refractivity contribution in [3.8, 4) is 0 Å². The maximum Gasteiger partial charge on any atom is 0.242 e. The molecule has 6 rings (SSSR count). The first-order valence-electron chi connectivity index (χ1n) is 18.0. The Morgan fingerprint density at radius 2 is 1.49 bits per heavy atom. The second-order valence-corrected chi connectivity index (χ2v) is 16.4. The van der Waals surface area contributed by atoms with Crippen molar-refractivity contribution in [2.24, 2.45) is 5.92 Å². The fraction of sp³-hybridized carbons (Fsp3) is 0.256. The number of hydrogen-bond acceptors (Lipinski definition) is 8. The molecule has 2 amide bonds. The number of amides is 2. The van der Waals surface area contributed by atoms with Gasteiger partial charge in [0.1, 0.15) is 6.04 Å². The number of aryl methyl sites for hydroxylation is 1. The summed E-state index contributed by atoms with van der Waals surface area (Å²) in [4.78, 5) is 26.5. The summed E-state index contributed by atoms with van der Waals surface area (Å²) in [5.74, 6) is -0.0842. The Kier molecular flexibility index (Phi) is 13.2. The van der Waals surface area contributed by atoms with Gasteiger partial charge in [-0.05, 0) is 78.6 Å². The molecule has 5 atom stereocenters. The number of ether oxygens (including phenoxy) is 2. The van der Waals surface area contributed by atoms with Crippen LogP contribution in [0.1, 0.15) is 54.1 Å². The number of nitrogens with one attached hydrogen (secondary N) is 3. The topological polar surface area (TPSA) is 143 Å². The molecule has 10 nitrogen and oxygen atoms in total. The molecule has 0 unspecified atom stereocenters. The number of carbonyl (C=O) groups is 2. The predicted octanol–water partition coefficient (Wildman–Crippen LogP) is 7.56. The summed E-state index contributed by atoms with van der Waals surface area (Å²) < 4.78 is 42.8. The van der Waals surface area contributed by atoms with E-state index in [0.29, 0.717) is 17.0 Å². The van der Waals surface area contributed by atoms with Crippen molar-refractivity contribution in [1.82, 2.24) is 4.72 Å². The number of anilines is 2. The molecule has 1 aliphatic heterocycles. The van der Waals surface area contributed by atoms with Gasteiger partial charge in [0.15, 0.2) is 6.29 Å². The highest BCUT2D eigenvalue weighted by Gasteiger charge is 2.38. The average molecular weight is 780 g/mol. The number of aliphatic hydroxyl groups excluding tert-OH is 1. The van der Waals surface area contributed by atoms with Crippen LogP contribution in [0.5, 0.6) is 0 Å². The second kappa shape index (κ2) is 18.2. The van der Waals surface area contributed by atoms with Gasteiger partial charge in [-0.2, -0.15) is 4.72 Å². The van der Waals surface area contributed by atoms with E-state index in [-0.39, 0.29) is 42.0 Å². The number of aliphatic hydroxyl groups is 1. The fourth-order valence-corrected chi connectivity index (χ4v) is 8.59. The van der Waals surface area contributed by atoms with Crippen LogP contribution in [0.25, 0.3) is 0 Å². The molecular weight excluding hydrogens is 735 g/mol. The first-order valence-corrected chi connectivity index (χ1v) is 20.5. The Labute approximate surface area is 326 Å². The van der Waals surface area contributed by atoms with E-state index < -0.39 is 28.3 Å². The average Bonchev–Trinajstić information content (AvgIpc) is 3.18. The van der Waals surface area contributed by atoms with Crippen LogP contribution < -0.4 is 15.4 Å². The molecule has 0 saturated carbocycles. The van der Waals surface area contributed by atoms with Crippen LogP contribution in [-0.4, -0.2) is 43.2 Å². The molecule has 5 aromatic rings. The van der Waals surface area contributed by atoms with Crippen molar-refractivity contribution in [1.29, 1.82) is 0 Å². The third-order valence-electron chi connectivity index (χ3n) is 9.37. The molecule has 5 aromatic carbocycles. The minimum atomic E-state index is -4.02. The lowest BCUT2D eigenvalue weighted by atomic mass is 9.91. The lowest BCUT2D eigenvalue weighted by Gasteiger charge is -2.41. The van der Waals surface area contributed by atoms with Gasteiger partial charge in [0.05, 0.1) is 23.7 Å². The van der Waals surface area contributed by atoms with E-state index in [0.717, 1.165) is 32.8 Å². The van der Waals surface area contributed by atoms with E-state index in [1.54, 1.807) is 42.1 Å². The largest absolute Gasteiger partial charge is 0.392 e. The molecule has 1 fully saturated rings. The quantitative estimate of drug-likeness (QED) is 0.0847. The van der Waals surface area contributed by atoms with Gasteiger partial charge in [-0.25, -0.2) is 8.42 Å². The normalized spacial score (nSPS) is 19.0. The van der Waals surface area contributed by atoms with Crippen LogP contribution in [0.3, 0.4) is 0 Å². The number of sulfonamides is 1. The zero-order valence-electron chi connectivity index (χ0n) is 30.8. The van der Waals surface area contributed by atoms with Gasteiger partial charge in [-0.3, -0.25) is 9.59 Å². The van der Waals surface area contributed by atoms with Crippen molar-refractivity contribution in [2.45, 2.75) is 68.1 Å². The highest BCUT2D eigenvalue weighted by molar-refractivity contribution is 7.99. The highest BCUT2D eigenvalue weighted by Crippen LogP contribution is 2.43. The number of hydrogen-bond donors (Lipinski definition) is 4. The van der Waals surface area contributed by atoms with Crippen LogP contribution in [0.4, 0.5) is 11.4 Å². The third kappa shape index (κ3) is 10.7. The van der Waals surface area contributed by atoms with Crippen LogP contribution >= 0.6 is 11.8 Å². The van der Waals surface area contributed by atoms with Gasteiger partial charge < -0.3 is 25.2 Å². The zero-order chi connectivity index (χ0) is 39.0. The molecule has 0 aliphatic carbocycles. The lowest BCUT2D eigenvalue weighted by molar-refractivity contribution is -0.268.